The van der Waals surface area contributed by atoms with Gasteiger partial charge in [-0.2, -0.15) is 0 Å². The number of aryl methyl sites for hydroxylation is 6. The van der Waals surface area contributed by atoms with Gasteiger partial charge in [0.05, 0.1) is 36.1 Å². The first-order valence-electron chi connectivity index (χ1n) is 22.2. The summed E-state index contributed by atoms with van der Waals surface area (Å²) in [5.41, 5.74) is 15.0. The summed E-state index contributed by atoms with van der Waals surface area (Å²) in [6.07, 6.45) is 0. The highest BCUT2D eigenvalue weighted by molar-refractivity contribution is 5.82. The molecule has 8 rings (SSSR count). The molecule has 6 aromatic carbocycles. The van der Waals surface area contributed by atoms with Gasteiger partial charge < -0.3 is 19.7 Å². The van der Waals surface area contributed by atoms with E-state index in [1.165, 1.54) is 0 Å². The Morgan fingerprint density at radius 3 is 1.29 bits per heavy atom. The maximum absolute atomic E-state index is 13.2. The van der Waals surface area contributed by atoms with Crippen molar-refractivity contribution in [2.45, 2.75) is 79.8 Å². The first-order valence-corrected chi connectivity index (χ1v) is 22.2. The number of esters is 2. The number of aliphatic hydroxyl groups excluding tert-OH is 2. The van der Waals surface area contributed by atoms with E-state index in [-0.39, 0.29) is 50.2 Å². The Hall–Kier alpha value is -7.02. The number of aromatic nitrogens is 6. The second kappa shape index (κ2) is 20.9. The number of fused-ring (bicyclic) bond motifs is 2. The molecule has 0 spiro atoms. The number of ether oxygens (including phenoxy) is 2. The largest absolute Gasteiger partial charge is 0.461 e. The molecule has 0 aliphatic rings. The predicted octanol–water partition coefficient (Wildman–Crippen LogP) is 9.18. The van der Waals surface area contributed by atoms with Crippen molar-refractivity contribution in [3.8, 4) is 0 Å². The van der Waals surface area contributed by atoms with E-state index in [2.05, 4.69) is 20.6 Å². The third-order valence-electron chi connectivity index (χ3n) is 12.8. The average Bonchev–Trinajstić information content (AvgIpc) is 3.92. The van der Waals surface area contributed by atoms with E-state index < -0.39 is 11.8 Å². The summed E-state index contributed by atoms with van der Waals surface area (Å²) in [6.45, 7) is 12.1. The lowest BCUT2D eigenvalue weighted by Crippen LogP contribution is -2.24. The van der Waals surface area contributed by atoms with Crippen LogP contribution in [-0.4, -0.2) is 52.1 Å². The summed E-state index contributed by atoms with van der Waals surface area (Å²) in [4.78, 5) is 26.4. The molecule has 0 fully saturated rings. The van der Waals surface area contributed by atoms with Crippen LogP contribution in [0.1, 0.15) is 92.4 Å². The van der Waals surface area contributed by atoms with Crippen molar-refractivity contribution in [1.82, 2.24) is 30.0 Å². The van der Waals surface area contributed by atoms with Crippen LogP contribution in [0.4, 0.5) is 0 Å². The van der Waals surface area contributed by atoms with Crippen LogP contribution in [0.5, 0.6) is 0 Å². The van der Waals surface area contributed by atoms with E-state index >= 15 is 0 Å². The minimum atomic E-state index is -0.448. The second-order valence-corrected chi connectivity index (χ2v) is 17.1. The zero-order chi connectivity index (χ0) is 47.1. The van der Waals surface area contributed by atoms with Gasteiger partial charge in [0.2, 0.25) is 0 Å². The van der Waals surface area contributed by atoms with Crippen molar-refractivity contribution in [2.75, 3.05) is 0 Å². The first kappa shape index (κ1) is 47.0. The number of benzene rings is 6. The van der Waals surface area contributed by atoms with Crippen LogP contribution in [0.15, 0.2) is 121 Å². The zero-order valence-electron chi connectivity index (χ0n) is 38.9. The summed E-state index contributed by atoms with van der Waals surface area (Å²) in [5, 5.41) is 36.7. The van der Waals surface area contributed by atoms with E-state index in [1.54, 1.807) is 9.36 Å². The Bertz CT molecular complexity index is 2760. The fourth-order valence-electron chi connectivity index (χ4n) is 8.75. The molecule has 2 heterocycles. The smallest absolute Gasteiger partial charge is 0.309 e. The number of carbonyl (C=O) groups is 2. The summed E-state index contributed by atoms with van der Waals surface area (Å²) >= 11 is 0. The van der Waals surface area contributed by atoms with Crippen molar-refractivity contribution in [3.63, 3.8) is 0 Å². The highest BCUT2D eigenvalue weighted by Crippen LogP contribution is 2.39. The van der Waals surface area contributed by atoms with Gasteiger partial charge in [0.25, 0.3) is 0 Å². The van der Waals surface area contributed by atoms with Gasteiger partial charge in [-0.05, 0) is 107 Å². The molecule has 0 saturated carbocycles. The quantitative estimate of drug-likeness (QED) is 0.101. The predicted molar refractivity (Wildman–Crippen MR) is 255 cm³/mol. The molecular formula is C54H58N6O6. The fraction of sp³-hybridized carbons (Fsp3) is 0.296. The lowest BCUT2D eigenvalue weighted by atomic mass is 9.79. The summed E-state index contributed by atoms with van der Waals surface area (Å²) in [5.74, 6) is -1.95. The Morgan fingerprint density at radius 2 is 0.924 bits per heavy atom. The maximum Gasteiger partial charge on any atom is 0.309 e. The molecule has 0 bridgehead atoms. The van der Waals surface area contributed by atoms with Crippen molar-refractivity contribution in [2.24, 2.45) is 25.9 Å². The Kier molecular flexibility index (Phi) is 14.8. The number of rotatable bonds is 14. The van der Waals surface area contributed by atoms with Crippen LogP contribution in [0.2, 0.25) is 0 Å². The number of nitrogens with zero attached hydrogens (tertiary/aromatic N) is 6. The van der Waals surface area contributed by atoms with Gasteiger partial charge in [-0.3, -0.25) is 9.59 Å². The third-order valence-corrected chi connectivity index (χ3v) is 12.8. The summed E-state index contributed by atoms with van der Waals surface area (Å²) < 4.78 is 14.9. The molecule has 4 atom stereocenters. The minimum Gasteiger partial charge on any atom is -0.461 e. The van der Waals surface area contributed by atoms with Gasteiger partial charge >= 0.3 is 11.9 Å². The number of hydrogen-bond acceptors (Lipinski definition) is 10. The van der Waals surface area contributed by atoms with Crippen LogP contribution in [-0.2, 0) is 59.6 Å². The van der Waals surface area contributed by atoms with Gasteiger partial charge in [-0.15, -0.1) is 10.2 Å². The zero-order valence-corrected chi connectivity index (χ0v) is 38.9. The molecule has 0 radical (unpaired) electrons. The van der Waals surface area contributed by atoms with E-state index in [4.69, 9.17) is 9.47 Å². The van der Waals surface area contributed by atoms with Crippen LogP contribution < -0.4 is 0 Å². The van der Waals surface area contributed by atoms with Gasteiger partial charge in [-0.25, -0.2) is 9.36 Å². The standard InChI is InChI=1S/2C27H29N3O3/c2*1-17-10-11-21(14-22(17)15-31)25(19(3)27(32)33-16-20-8-6-5-7-9-20)23-12-13-24-26(18(23)2)28-29-30(24)4/h2*5-14,19,25,31H,15-16H2,1-4H3/t2*19-,25+/m10/s1. The third kappa shape index (κ3) is 10.1. The minimum absolute atomic E-state index is 0.0542. The molecule has 0 aliphatic carbocycles. The van der Waals surface area contributed by atoms with Crippen LogP contribution in [0.25, 0.3) is 22.1 Å². The molecule has 0 saturated heterocycles. The molecule has 8 aromatic rings. The molecule has 0 amide bonds. The lowest BCUT2D eigenvalue weighted by Gasteiger charge is -2.26. The number of carbonyl (C=O) groups excluding carboxylic acids is 2. The van der Waals surface area contributed by atoms with Crippen LogP contribution in [0.3, 0.4) is 0 Å². The fourth-order valence-corrected chi connectivity index (χ4v) is 8.75. The first-order chi connectivity index (χ1) is 31.8. The summed E-state index contributed by atoms with van der Waals surface area (Å²) in [6, 6.07) is 39.4. The maximum atomic E-state index is 13.2. The molecule has 2 N–H and O–H groups in total. The normalized spacial score (nSPS) is 13.1. The SMILES string of the molecule is Cc1ccc([C@@H](c2ccc3c(nnn3C)c2C)[C@@H](C)C(=O)OCc2ccccc2)cc1CO.Cc1ccc([C@H](c2ccc3c(nnn3C)c2C)[C@H](C)C(=O)OCc2ccccc2)cc1CO. The Balaban J connectivity index is 0.000000196. The monoisotopic (exact) mass is 886 g/mol. The molecule has 2 aromatic heterocycles. The van der Waals surface area contributed by atoms with E-state index in [9.17, 15) is 19.8 Å². The van der Waals surface area contributed by atoms with Crippen molar-refractivity contribution in [1.29, 1.82) is 0 Å². The van der Waals surface area contributed by atoms with Gasteiger partial charge in [0.15, 0.2) is 0 Å². The highest BCUT2D eigenvalue weighted by Gasteiger charge is 2.32. The van der Waals surface area contributed by atoms with Crippen molar-refractivity contribution >= 4 is 34.0 Å². The van der Waals surface area contributed by atoms with Crippen molar-refractivity contribution < 1.29 is 29.3 Å². The van der Waals surface area contributed by atoms with Crippen LogP contribution >= 0.6 is 0 Å². The molecule has 0 unspecified atom stereocenters. The Labute approximate surface area is 385 Å². The van der Waals surface area contributed by atoms with Gasteiger partial charge in [0, 0.05) is 25.9 Å². The highest BCUT2D eigenvalue weighted by atomic mass is 16.5. The van der Waals surface area contributed by atoms with Gasteiger partial charge in [-0.1, -0.05) is 133 Å². The number of aliphatic hydroxyl groups is 2. The molecular weight excluding hydrogens is 829 g/mol. The van der Waals surface area contributed by atoms with E-state index in [1.807, 2.05) is 177 Å². The van der Waals surface area contributed by atoms with Crippen molar-refractivity contribution in [3.05, 3.63) is 188 Å². The molecule has 0 aliphatic heterocycles. The molecule has 12 nitrogen and oxygen atoms in total. The molecule has 340 valence electrons. The van der Waals surface area contributed by atoms with E-state index in [0.717, 1.165) is 88.8 Å². The van der Waals surface area contributed by atoms with E-state index in [0.29, 0.717) is 0 Å². The number of hydrogen-bond donors (Lipinski definition) is 2. The Morgan fingerprint density at radius 1 is 0.545 bits per heavy atom. The molecule has 12 heteroatoms. The van der Waals surface area contributed by atoms with Gasteiger partial charge in [0.1, 0.15) is 24.2 Å². The average molecular weight is 887 g/mol. The lowest BCUT2D eigenvalue weighted by molar-refractivity contribution is -0.150. The molecule has 66 heavy (non-hydrogen) atoms. The van der Waals surface area contributed by atoms with Crippen LogP contribution in [0, 0.1) is 39.5 Å². The topological polar surface area (TPSA) is 154 Å². The second-order valence-electron chi connectivity index (χ2n) is 17.1. The summed E-state index contributed by atoms with van der Waals surface area (Å²) in [7, 11) is 3.73.